The first-order chi connectivity index (χ1) is 12.6. The van der Waals surface area contributed by atoms with Gasteiger partial charge in [0.25, 0.3) is 5.91 Å². The first-order valence-electron chi connectivity index (χ1n) is 8.73. The van der Waals surface area contributed by atoms with Gasteiger partial charge >= 0.3 is 5.97 Å². The van der Waals surface area contributed by atoms with Crippen molar-refractivity contribution >= 4 is 17.8 Å². The molecule has 1 aromatic carbocycles. The van der Waals surface area contributed by atoms with E-state index in [1.165, 1.54) is 0 Å². The molecule has 8 nitrogen and oxygen atoms in total. The van der Waals surface area contributed by atoms with Crippen LogP contribution in [-0.2, 0) is 19.1 Å². The summed E-state index contributed by atoms with van der Waals surface area (Å²) in [6.45, 7) is 1.52. The van der Waals surface area contributed by atoms with Crippen molar-refractivity contribution in [3.63, 3.8) is 0 Å². The number of fused-ring (bicyclic) bond motifs is 1. The molecule has 1 atom stereocenters. The fraction of sp³-hybridized carbons (Fsp3) is 0.500. The minimum atomic E-state index is -0.890. The number of carbonyl (C=O) groups is 3. The van der Waals surface area contributed by atoms with Crippen LogP contribution in [0, 0.1) is 0 Å². The molecule has 0 aliphatic carbocycles. The van der Waals surface area contributed by atoms with Crippen LogP contribution >= 0.6 is 0 Å². The van der Waals surface area contributed by atoms with Gasteiger partial charge < -0.3 is 24.4 Å². The lowest BCUT2D eigenvalue weighted by Crippen LogP contribution is -2.40. The van der Waals surface area contributed by atoms with Gasteiger partial charge in [-0.25, -0.2) is 4.79 Å². The van der Waals surface area contributed by atoms with Crippen LogP contribution in [0.4, 0.5) is 0 Å². The summed E-state index contributed by atoms with van der Waals surface area (Å²) in [5.41, 5.74) is 0. The predicted molar refractivity (Wildman–Crippen MR) is 90.8 cm³/mol. The van der Waals surface area contributed by atoms with Gasteiger partial charge in [0.1, 0.15) is 6.61 Å². The monoisotopic (exact) mass is 362 g/mol. The number of hydrogen-bond acceptors (Lipinski definition) is 6. The van der Waals surface area contributed by atoms with Crippen molar-refractivity contribution in [2.24, 2.45) is 0 Å². The highest BCUT2D eigenvalue weighted by atomic mass is 16.6. The van der Waals surface area contributed by atoms with Gasteiger partial charge in [0, 0.05) is 26.1 Å². The van der Waals surface area contributed by atoms with Crippen LogP contribution in [0.1, 0.15) is 19.3 Å². The minimum Gasteiger partial charge on any atom is -0.485 e. The molecule has 140 valence electrons. The van der Waals surface area contributed by atoms with Crippen molar-refractivity contribution < 1.29 is 28.6 Å². The molecule has 0 unspecified atom stereocenters. The molecule has 8 heteroatoms. The fourth-order valence-electron chi connectivity index (χ4n) is 2.85. The second kappa shape index (κ2) is 8.55. The van der Waals surface area contributed by atoms with E-state index in [1.54, 1.807) is 23.1 Å². The molecule has 1 fully saturated rings. The van der Waals surface area contributed by atoms with E-state index in [4.69, 9.17) is 14.2 Å². The molecule has 2 aliphatic rings. The molecule has 3 rings (SSSR count). The van der Waals surface area contributed by atoms with Gasteiger partial charge in [-0.05, 0) is 25.0 Å². The van der Waals surface area contributed by atoms with Crippen molar-refractivity contribution in [3.05, 3.63) is 24.3 Å². The largest absolute Gasteiger partial charge is 0.485 e. The molecule has 2 aliphatic heterocycles. The first kappa shape index (κ1) is 18.0. The summed E-state index contributed by atoms with van der Waals surface area (Å²) in [7, 11) is 0. The van der Waals surface area contributed by atoms with Crippen LogP contribution in [0.2, 0.25) is 0 Å². The molecule has 1 aromatic rings. The van der Waals surface area contributed by atoms with E-state index in [-0.39, 0.29) is 25.0 Å². The number of hydrogen-bond donors (Lipinski definition) is 1. The van der Waals surface area contributed by atoms with Gasteiger partial charge in [0.2, 0.25) is 12.0 Å². The van der Waals surface area contributed by atoms with Crippen LogP contribution in [0.3, 0.4) is 0 Å². The topological polar surface area (TPSA) is 94.2 Å². The number of para-hydroxylation sites is 2. The molecule has 0 bridgehead atoms. The molecule has 26 heavy (non-hydrogen) atoms. The Morgan fingerprint density at radius 2 is 2.08 bits per heavy atom. The summed E-state index contributed by atoms with van der Waals surface area (Å²) in [6.07, 6.45) is 1.29. The molecule has 2 amide bonds. The van der Waals surface area contributed by atoms with Crippen LogP contribution < -0.4 is 14.8 Å². The van der Waals surface area contributed by atoms with Crippen molar-refractivity contribution in [2.75, 3.05) is 32.8 Å². The highest BCUT2D eigenvalue weighted by Crippen LogP contribution is 2.31. The van der Waals surface area contributed by atoms with E-state index in [2.05, 4.69) is 5.32 Å². The van der Waals surface area contributed by atoms with E-state index in [9.17, 15) is 14.4 Å². The molecule has 2 heterocycles. The van der Waals surface area contributed by atoms with Crippen molar-refractivity contribution in [2.45, 2.75) is 25.4 Å². The predicted octanol–water partition coefficient (Wildman–Crippen LogP) is 0.498. The second-order valence-electron chi connectivity index (χ2n) is 6.16. The van der Waals surface area contributed by atoms with E-state index >= 15 is 0 Å². The Hall–Kier alpha value is -2.77. The number of rotatable bonds is 7. The molecule has 1 N–H and O–H groups in total. The fourth-order valence-corrected chi connectivity index (χ4v) is 2.85. The lowest BCUT2D eigenvalue weighted by Gasteiger charge is -2.24. The molecule has 1 saturated heterocycles. The van der Waals surface area contributed by atoms with Crippen molar-refractivity contribution in [3.8, 4) is 11.5 Å². The third-order valence-corrected chi connectivity index (χ3v) is 4.22. The number of nitrogens with one attached hydrogen (secondary N) is 1. The second-order valence-corrected chi connectivity index (χ2v) is 6.16. The highest BCUT2D eigenvalue weighted by Gasteiger charge is 2.29. The zero-order valence-corrected chi connectivity index (χ0v) is 14.4. The Morgan fingerprint density at radius 1 is 1.27 bits per heavy atom. The zero-order chi connectivity index (χ0) is 18.4. The summed E-state index contributed by atoms with van der Waals surface area (Å²) in [5, 5.41) is 2.67. The van der Waals surface area contributed by atoms with E-state index in [1.807, 2.05) is 6.07 Å². The van der Waals surface area contributed by atoms with Crippen LogP contribution in [0.5, 0.6) is 11.5 Å². The quantitative estimate of drug-likeness (QED) is 0.561. The standard InChI is InChI=1S/C18H22N2O6/c21-16(19-8-4-10-20-9-3-7-17(20)22)12-25-18(23)15-11-24-13-5-1-2-6-14(13)26-15/h1-2,5-6,15H,3-4,7-12H2,(H,19,21)/t15-/m1/s1. The first-order valence-corrected chi connectivity index (χ1v) is 8.73. The molecule has 0 saturated carbocycles. The molecular formula is C18H22N2O6. The van der Waals surface area contributed by atoms with Crippen LogP contribution in [0.15, 0.2) is 24.3 Å². The van der Waals surface area contributed by atoms with Crippen LogP contribution in [0.25, 0.3) is 0 Å². The van der Waals surface area contributed by atoms with Gasteiger partial charge in [-0.15, -0.1) is 0 Å². The third kappa shape index (κ3) is 4.65. The lowest BCUT2D eigenvalue weighted by molar-refractivity contribution is -0.157. The average Bonchev–Trinajstić information content (AvgIpc) is 3.07. The number of esters is 1. The zero-order valence-electron chi connectivity index (χ0n) is 14.4. The Morgan fingerprint density at radius 3 is 2.85 bits per heavy atom. The maximum absolute atomic E-state index is 12.0. The number of likely N-dealkylation sites (tertiary alicyclic amines) is 1. The van der Waals surface area contributed by atoms with Crippen molar-refractivity contribution in [1.29, 1.82) is 0 Å². The van der Waals surface area contributed by atoms with Gasteiger partial charge in [-0.2, -0.15) is 0 Å². The maximum atomic E-state index is 12.0. The molecular weight excluding hydrogens is 340 g/mol. The third-order valence-electron chi connectivity index (χ3n) is 4.22. The number of carbonyl (C=O) groups excluding carboxylic acids is 3. The maximum Gasteiger partial charge on any atom is 0.351 e. The SMILES string of the molecule is O=C(COC(=O)[C@H]1COc2ccccc2O1)NCCCN1CCCC1=O. The Kier molecular flexibility index (Phi) is 5.93. The highest BCUT2D eigenvalue weighted by molar-refractivity contribution is 5.82. The number of benzene rings is 1. The molecule has 0 spiro atoms. The molecule has 0 aromatic heterocycles. The van der Waals surface area contributed by atoms with Gasteiger partial charge in [0.05, 0.1) is 0 Å². The van der Waals surface area contributed by atoms with E-state index in [0.717, 1.165) is 13.0 Å². The van der Waals surface area contributed by atoms with Gasteiger partial charge in [-0.1, -0.05) is 12.1 Å². The minimum absolute atomic E-state index is 0.0430. The normalized spacial score (nSPS) is 18.5. The Labute approximate surface area is 151 Å². The van der Waals surface area contributed by atoms with Gasteiger partial charge in [0.15, 0.2) is 18.1 Å². The summed E-state index contributed by atoms with van der Waals surface area (Å²) < 4.78 is 16.0. The summed E-state index contributed by atoms with van der Waals surface area (Å²) in [5.74, 6) is 0.189. The average molecular weight is 362 g/mol. The number of ether oxygens (including phenoxy) is 3. The number of nitrogens with zero attached hydrogens (tertiary/aromatic N) is 1. The molecule has 0 radical (unpaired) electrons. The summed E-state index contributed by atoms with van der Waals surface area (Å²) in [4.78, 5) is 37.0. The van der Waals surface area contributed by atoms with Crippen molar-refractivity contribution in [1.82, 2.24) is 10.2 Å². The van der Waals surface area contributed by atoms with Gasteiger partial charge in [-0.3, -0.25) is 9.59 Å². The lowest BCUT2D eigenvalue weighted by atomic mass is 10.2. The van der Waals surface area contributed by atoms with E-state index < -0.39 is 12.1 Å². The Bertz CT molecular complexity index is 677. The summed E-state index contributed by atoms with van der Waals surface area (Å²) >= 11 is 0. The Balaban J connectivity index is 1.32. The van der Waals surface area contributed by atoms with E-state index in [0.29, 0.717) is 37.4 Å². The number of amides is 2. The summed E-state index contributed by atoms with van der Waals surface area (Å²) in [6, 6.07) is 7.04. The smallest absolute Gasteiger partial charge is 0.351 e. The van der Waals surface area contributed by atoms with Crippen LogP contribution in [-0.4, -0.2) is 61.6 Å².